The monoisotopic (exact) mass is 358 g/mol. The Hall–Kier alpha value is -1.22. The second-order valence-electron chi connectivity index (χ2n) is 3.78. The van der Waals surface area contributed by atoms with Crippen molar-refractivity contribution in [1.29, 1.82) is 0 Å². The fourth-order valence-corrected chi connectivity index (χ4v) is 1.63. The van der Waals surface area contributed by atoms with Crippen molar-refractivity contribution in [3.63, 3.8) is 0 Å². The first-order valence-corrected chi connectivity index (χ1v) is 6.84. The predicted molar refractivity (Wildman–Crippen MR) is 78.8 cm³/mol. The topological polar surface area (TPSA) is 46.5 Å². The first-order valence-electron chi connectivity index (χ1n) is 5.76. The highest BCUT2D eigenvalue weighted by molar-refractivity contribution is 14.1. The Labute approximate surface area is 121 Å². The average molecular weight is 358 g/mol. The molecule has 0 amide bonds. The van der Waals surface area contributed by atoms with Crippen LogP contribution in [0.1, 0.15) is 35.7 Å². The summed E-state index contributed by atoms with van der Waals surface area (Å²) >= 11 is 1.94. The molecule has 0 bridgehead atoms. The second kappa shape index (κ2) is 7.98. The van der Waals surface area contributed by atoms with Crippen molar-refractivity contribution >= 4 is 28.6 Å². The predicted octanol–water partition coefficient (Wildman–Crippen LogP) is 3.29. The Bertz CT molecular complexity index is 472. The van der Waals surface area contributed by atoms with E-state index in [1.165, 1.54) is 6.07 Å². The molecule has 1 aromatic rings. The van der Waals surface area contributed by atoms with Gasteiger partial charge in [0.1, 0.15) is 5.75 Å². The van der Waals surface area contributed by atoms with Crippen LogP contribution >= 0.6 is 22.6 Å². The van der Waals surface area contributed by atoms with E-state index in [0.717, 1.165) is 12.8 Å². The van der Waals surface area contributed by atoms with Gasteiger partial charge in [0.25, 0.3) is 0 Å². The molecule has 18 heavy (non-hydrogen) atoms. The zero-order chi connectivity index (χ0) is 13.4. The molecule has 0 fully saturated rings. The average Bonchev–Trinajstić information content (AvgIpc) is 2.36. The highest BCUT2D eigenvalue weighted by Crippen LogP contribution is 2.18. The Balaban J connectivity index is 2.84. The maximum absolute atomic E-state index is 11.9. The van der Waals surface area contributed by atoms with Crippen LogP contribution in [0.5, 0.6) is 5.75 Å². The van der Waals surface area contributed by atoms with Crippen molar-refractivity contribution in [2.24, 2.45) is 0 Å². The lowest BCUT2D eigenvalue weighted by Gasteiger charge is -2.08. The third kappa shape index (κ3) is 4.57. The number of aromatic hydroxyl groups is 1. The van der Waals surface area contributed by atoms with Crippen LogP contribution < -0.4 is 0 Å². The molecule has 0 aromatic heterocycles. The molecule has 0 atom stereocenters. The molecular weight excluding hydrogens is 343 g/mol. The van der Waals surface area contributed by atoms with Gasteiger partial charge in [0.2, 0.25) is 0 Å². The van der Waals surface area contributed by atoms with E-state index in [-0.39, 0.29) is 11.7 Å². The van der Waals surface area contributed by atoms with Gasteiger partial charge in [-0.2, -0.15) is 0 Å². The van der Waals surface area contributed by atoms with Crippen molar-refractivity contribution in [1.82, 2.24) is 0 Å². The Morgan fingerprint density at radius 3 is 2.94 bits per heavy atom. The minimum Gasteiger partial charge on any atom is -0.508 e. The van der Waals surface area contributed by atoms with Crippen LogP contribution in [0.15, 0.2) is 18.2 Å². The first-order chi connectivity index (χ1) is 8.69. The lowest BCUT2D eigenvalue weighted by Crippen LogP contribution is -2.09. The number of carbonyl (C=O) groups excluding carboxylic acids is 1. The van der Waals surface area contributed by atoms with E-state index in [2.05, 4.69) is 9.85 Å². The summed E-state index contributed by atoms with van der Waals surface area (Å²) in [6, 6.07) is 4.61. The molecule has 1 rings (SSSR count). The molecule has 4 heteroatoms. The van der Waals surface area contributed by atoms with Crippen molar-refractivity contribution in [3.8, 4) is 15.6 Å². The number of benzene rings is 1. The quantitative estimate of drug-likeness (QED) is 0.380. The number of esters is 1. The largest absolute Gasteiger partial charge is 0.508 e. The zero-order valence-corrected chi connectivity index (χ0v) is 12.4. The van der Waals surface area contributed by atoms with Crippen molar-refractivity contribution in [2.45, 2.75) is 26.2 Å². The maximum atomic E-state index is 11.9. The highest BCUT2D eigenvalue weighted by Gasteiger charge is 2.12. The molecule has 0 saturated carbocycles. The van der Waals surface area contributed by atoms with E-state index in [1.54, 1.807) is 12.1 Å². The van der Waals surface area contributed by atoms with Gasteiger partial charge in [0.15, 0.2) is 0 Å². The summed E-state index contributed by atoms with van der Waals surface area (Å²) in [4.78, 5) is 11.9. The Kier molecular flexibility index (Phi) is 6.58. The van der Waals surface area contributed by atoms with E-state index in [1.807, 2.05) is 29.5 Å². The van der Waals surface area contributed by atoms with Gasteiger partial charge in [-0.15, -0.1) is 0 Å². The molecule has 0 aliphatic rings. The molecule has 96 valence electrons. The number of halogens is 1. The smallest absolute Gasteiger partial charge is 0.338 e. The Morgan fingerprint density at radius 2 is 2.28 bits per heavy atom. The first kappa shape index (κ1) is 14.8. The normalized spacial score (nSPS) is 9.44. The molecule has 0 heterocycles. The molecule has 0 aliphatic carbocycles. The number of hydrogen-bond acceptors (Lipinski definition) is 3. The molecule has 3 nitrogen and oxygen atoms in total. The lowest BCUT2D eigenvalue weighted by atomic mass is 10.0. The summed E-state index contributed by atoms with van der Waals surface area (Å²) < 4.78 is 7.90. The summed E-state index contributed by atoms with van der Waals surface area (Å²) in [5, 5.41) is 9.43. The van der Waals surface area contributed by atoms with Crippen LogP contribution in [0.4, 0.5) is 0 Å². The number of ether oxygens (including phenoxy) is 1. The van der Waals surface area contributed by atoms with Crippen LogP contribution in [0.2, 0.25) is 0 Å². The minimum absolute atomic E-state index is 0.130. The number of phenolic OH excluding ortho intramolecular Hbond substituents is 1. The lowest BCUT2D eigenvalue weighted by molar-refractivity contribution is 0.0498. The van der Waals surface area contributed by atoms with Crippen LogP contribution in [-0.4, -0.2) is 17.7 Å². The van der Waals surface area contributed by atoms with E-state index in [0.29, 0.717) is 24.2 Å². The number of carbonyl (C=O) groups is 1. The number of hydrogen-bond donors (Lipinski definition) is 1. The fourth-order valence-electron chi connectivity index (χ4n) is 1.44. The van der Waals surface area contributed by atoms with Gasteiger partial charge < -0.3 is 9.84 Å². The molecule has 1 N–H and O–H groups in total. The highest BCUT2D eigenvalue weighted by atomic mass is 127. The maximum Gasteiger partial charge on any atom is 0.338 e. The molecule has 0 saturated heterocycles. The van der Waals surface area contributed by atoms with Gasteiger partial charge in [0, 0.05) is 29.0 Å². The van der Waals surface area contributed by atoms with Crippen molar-refractivity contribution in [3.05, 3.63) is 29.3 Å². The van der Waals surface area contributed by atoms with Gasteiger partial charge in [-0.25, -0.2) is 4.79 Å². The number of phenols is 1. The standard InChI is InChI=1S/C14H15IO3/c1-2-3-9-18-14(17)13-7-6-12(16)10-11(13)5-4-8-15/h6-7,10,16H,2-3,5,9H2,1H3. The summed E-state index contributed by atoms with van der Waals surface area (Å²) in [5.74, 6) is 2.65. The van der Waals surface area contributed by atoms with Gasteiger partial charge in [-0.05, 0) is 34.1 Å². The molecular formula is C14H15IO3. The molecule has 0 spiro atoms. The van der Waals surface area contributed by atoms with Crippen LogP contribution in [-0.2, 0) is 11.2 Å². The number of unbranched alkanes of at least 4 members (excludes halogenated alkanes) is 1. The van der Waals surface area contributed by atoms with E-state index < -0.39 is 0 Å². The van der Waals surface area contributed by atoms with E-state index in [4.69, 9.17) is 4.74 Å². The molecule has 0 radical (unpaired) electrons. The van der Waals surface area contributed by atoms with E-state index in [9.17, 15) is 9.90 Å². The molecule has 0 aliphatic heterocycles. The SMILES string of the molecule is CCCCOC(=O)c1ccc(O)cc1CC#CI. The van der Waals surface area contributed by atoms with Gasteiger partial charge in [-0.3, -0.25) is 0 Å². The van der Waals surface area contributed by atoms with Crippen LogP contribution in [0.25, 0.3) is 0 Å². The summed E-state index contributed by atoms with van der Waals surface area (Å²) in [6.07, 6.45) is 2.26. The van der Waals surface area contributed by atoms with E-state index >= 15 is 0 Å². The Morgan fingerprint density at radius 1 is 1.50 bits per heavy atom. The third-order valence-corrected chi connectivity index (χ3v) is 2.77. The van der Waals surface area contributed by atoms with Crippen molar-refractivity contribution < 1.29 is 14.6 Å². The van der Waals surface area contributed by atoms with Crippen LogP contribution in [0.3, 0.4) is 0 Å². The third-order valence-electron chi connectivity index (χ3n) is 2.39. The molecule has 1 aromatic carbocycles. The zero-order valence-electron chi connectivity index (χ0n) is 10.2. The van der Waals surface area contributed by atoms with Crippen molar-refractivity contribution in [2.75, 3.05) is 6.61 Å². The van der Waals surface area contributed by atoms with Crippen LogP contribution in [0, 0.1) is 9.85 Å². The fraction of sp³-hybridized carbons (Fsp3) is 0.357. The van der Waals surface area contributed by atoms with Gasteiger partial charge in [0.05, 0.1) is 12.2 Å². The summed E-state index contributed by atoms with van der Waals surface area (Å²) in [7, 11) is 0. The molecule has 0 unspecified atom stereocenters. The number of rotatable bonds is 5. The summed E-state index contributed by atoms with van der Waals surface area (Å²) in [6.45, 7) is 2.46. The second-order valence-corrected chi connectivity index (χ2v) is 4.32. The van der Waals surface area contributed by atoms with Gasteiger partial charge >= 0.3 is 5.97 Å². The van der Waals surface area contributed by atoms with Gasteiger partial charge in [-0.1, -0.05) is 19.3 Å². The summed E-state index contributed by atoms with van der Waals surface area (Å²) in [5.41, 5.74) is 1.17. The minimum atomic E-state index is -0.353.